The molecule has 0 amide bonds. The molecule has 1 aliphatic carbocycles. The average molecular weight is 198 g/mol. The Hall–Kier alpha value is -0.990. The van der Waals surface area contributed by atoms with Gasteiger partial charge in [-0.2, -0.15) is 0 Å². The first-order chi connectivity index (χ1) is 6.53. The molecule has 3 nitrogen and oxygen atoms in total. The van der Waals surface area contributed by atoms with Crippen molar-refractivity contribution >= 4 is 5.97 Å². The van der Waals surface area contributed by atoms with Gasteiger partial charge in [-0.25, -0.2) is 0 Å². The number of rotatable bonds is 4. The van der Waals surface area contributed by atoms with Gasteiger partial charge in [0.1, 0.15) is 11.2 Å². The third kappa shape index (κ3) is 1.22. The normalized spacial score (nSPS) is 36.7. The summed E-state index contributed by atoms with van der Waals surface area (Å²) in [5.41, 5.74) is -0.759. The lowest BCUT2D eigenvalue weighted by atomic mass is 9.99. The summed E-state index contributed by atoms with van der Waals surface area (Å²) in [5.74, 6) is 0.182. The van der Waals surface area contributed by atoms with Crippen molar-refractivity contribution in [2.24, 2.45) is 17.3 Å². The smallest absolute Gasteiger partial charge is 0.317 e. The van der Waals surface area contributed by atoms with Crippen LogP contribution in [-0.4, -0.2) is 17.7 Å². The second-order valence-electron chi connectivity index (χ2n) is 3.84. The van der Waals surface area contributed by atoms with Gasteiger partial charge in [0.15, 0.2) is 0 Å². The van der Waals surface area contributed by atoms with E-state index in [9.17, 15) is 9.90 Å². The molecule has 0 unspecified atom stereocenters. The molecule has 80 valence electrons. The standard InChI is InChI=1S/C11H18O3/c1-5-9(14-6-2)11(10(12)13)7(3)8(11)4/h5,7-8H,6H2,1-4H3,(H,12,13)/t7-,8-/m1/s1. The predicted octanol–water partition coefficient (Wildman–Crippen LogP) is 2.28. The summed E-state index contributed by atoms with van der Waals surface area (Å²) in [5, 5.41) is 9.25. The van der Waals surface area contributed by atoms with Gasteiger partial charge in [-0.05, 0) is 31.8 Å². The van der Waals surface area contributed by atoms with E-state index in [2.05, 4.69) is 0 Å². The van der Waals surface area contributed by atoms with Crippen molar-refractivity contribution in [1.82, 2.24) is 0 Å². The Bertz CT molecular complexity index is 260. The van der Waals surface area contributed by atoms with Gasteiger partial charge in [-0.1, -0.05) is 13.8 Å². The van der Waals surface area contributed by atoms with Crippen molar-refractivity contribution in [1.29, 1.82) is 0 Å². The van der Waals surface area contributed by atoms with Crippen molar-refractivity contribution in [3.8, 4) is 0 Å². The van der Waals surface area contributed by atoms with Crippen LogP contribution < -0.4 is 0 Å². The molecule has 1 saturated carbocycles. The quantitative estimate of drug-likeness (QED) is 0.705. The lowest BCUT2D eigenvalue weighted by Gasteiger charge is -2.16. The Morgan fingerprint density at radius 1 is 1.50 bits per heavy atom. The van der Waals surface area contributed by atoms with Crippen molar-refractivity contribution in [3.05, 3.63) is 11.8 Å². The number of ether oxygens (including phenoxy) is 1. The van der Waals surface area contributed by atoms with Crippen LogP contribution in [0.5, 0.6) is 0 Å². The van der Waals surface area contributed by atoms with Crippen LogP contribution in [0.2, 0.25) is 0 Å². The molecule has 0 aromatic rings. The third-order valence-electron chi connectivity index (χ3n) is 3.40. The van der Waals surface area contributed by atoms with Gasteiger partial charge >= 0.3 is 5.97 Å². The third-order valence-corrected chi connectivity index (χ3v) is 3.40. The highest BCUT2D eigenvalue weighted by atomic mass is 16.5. The molecular weight excluding hydrogens is 180 g/mol. The molecule has 0 bridgehead atoms. The maximum atomic E-state index is 11.3. The van der Waals surface area contributed by atoms with Crippen molar-refractivity contribution in [3.63, 3.8) is 0 Å². The molecule has 0 saturated heterocycles. The van der Waals surface area contributed by atoms with Gasteiger partial charge < -0.3 is 9.84 Å². The van der Waals surface area contributed by atoms with Crippen molar-refractivity contribution in [2.45, 2.75) is 27.7 Å². The van der Waals surface area contributed by atoms with Gasteiger partial charge in [-0.3, -0.25) is 4.79 Å². The highest BCUT2D eigenvalue weighted by Crippen LogP contribution is 2.63. The molecule has 0 aromatic heterocycles. The van der Waals surface area contributed by atoms with Gasteiger partial charge in [0.05, 0.1) is 6.61 Å². The van der Waals surface area contributed by atoms with Crippen LogP contribution in [0.4, 0.5) is 0 Å². The van der Waals surface area contributed by atoms with Crippen LogP contribution in [0.1, 0.15) is 27.7 Å². The maximum absolute atomic E-state index is 11.3. The van der Waals surface area contributed by atoms with E-state index in [-0.39, 0.29) is 11.8 Å². The van der Waals surface area contributed by atoms with Gasteiger partial charge in [0.25, 0.3) is 0 Å². The number of aliphatic carboxylic acids is 1. The second-order valence-corrected chi connectivity index (χ2v) is 3.84. The minimum Gasteiger partial charge on any atom is -0.497 e. The number of allylic oxidation sites excluding steroid dienone is 1. The molecular formula is C11H18O3. The van der Waals surface area contributed by atoms with E-state index in [1.165, 1.54) is 0 Å². The molecule has 1 N–H and O–H groups in total. The molecule has 1 fully saturated rings. The first-order valence-electron chi connectivity index (χ1n) is 5.06. The number of carbonyl (C=O) groups is 1. The first kappa shape index (κ1) is 11.1. The van der Waals surface area contributed by atoms with Crippen molar-refractivity contribution < 1.29 is 14.6 Å². The number of hydrogen-bond donors (Lipinski definition) is 1. The molecule has 0 radical (unpaired) electrons. The zero-order valence-corrected chi connectivity index (χ0v) is 9.20. The first-order valence-corrected chi connectivity index (χ1v) is 5.06. The SMILES string of the molecule is CC=C(OCC)C1(C(=O)O)[C@H](C)[C@H]1C. The molecule has 2 atom stereocenters. The fourth-order valence-corrected chi connectivity index (χ4v) is 2.32. The lowest BCUT2D eigenvalue weighted by Crippen LogP contribution is -2.23. The Balaban J connectivity index is 2.97. The summed E-state index contributed by atoms with van der Waals surface area (Å²) >= 11 is 0. The summed E-state index contributed by atoms with van der Waals surface area (Å²) in [6, 6.07) is 0. The maximum Gasteiger partial charge on any atom is 0.317 e. The summed E-state index contributed by atoms with van der Waals surface area (Å²) < 4.78 is 5.40. The molecule has 3 heteroatoms. The Labute approximate surface area is 84.8 Å². The van der Waals surface area contributed by atoms with Crippen molar-refractivity contribution in [2.75, 3.05) is 6.61 Å². The molecule has 1 rings (SSSR count). The highest BCUT2D eigenvalue weighted by Gasteiger charge is 2.68. The average Bonchev–Trinajstić information content (AvgIpc) is 2.67. The van der Waals surface area contributed by atoms with Crippen LogP contribution in [0.15, 0.2) is 11.8 Å². The largest absolute Gasteiger partial charge is 0.497 e. The Kier molecular flexibility index (Phi) is 2.88. The van der Waals surface area contributed by atoms with Crippen LogP contribution in [0, 0.1) is 17.3 Å². The zero-order valence-electron chi connectivity index (χ0n) is 9.20. The lowest BCUT2D eigenvalue weighted by molar-refractivity contribution is -0.144. The number of hydrogen-bond acceptors (Lipinski definition) is 2. The Morgan fingerprint density at radius 3 is 2.21 bits per heavy atom. The van der Waals surface area contributed by atoms with E-state index in [0.29, 0.717) is 12.4 Å². The molecule has 0 aromatic carbocycles. The Morgan fingerprint density at radius 2 is 2.00 bits per heavy atom. The van der Waals surface area contributed by atoms with Crippen LogP contribution >= 0.6 is 0 Å². The monoisotopic (exact) mass is 198 g/mol. The summed E-state index contributed by atoms with van der Waals surface area (Å²) in [4.78, 5) is 11.3. The number of carboxylic acid groups (broad SMARTS) is 1. The van der Waals surface area contributed by atoms with E-state index >= 15 is 0 Å². The number of carboxylic acids is 1. The fourth-order valence-electron chi connectivity index (χ4n) is 2.32. The minimum atomic E-state index is -0.765. The molecule has 0 heterocycles. The predicted molar refractivity (Wildman–Crippen MR) is 53.8 cm³/mol. The highest BCUT2D eigenvalue weighted by molar-refractivity contribution is 5.83. The van der Waals surface area contributed by atoms with Gasteiger partial charge in [-0.15, -0.1) is 0 Å². The molecule has 14 heavy (non-hydrogen) atoms. The van der Waals surface area contributed by atoms with Gasteiger partial charge in [0.2, 0.25) is 0 Å². The topological polar surface area (TPSA) is 46.5 Å². The van der Waals surface area contributed by atoms with Gasteiger partial charge in [0, 0.05) is 0 Å². The summed E-state index contributed by atoms with van der Waals surface area (Å²) in [6.07, 6.45) is 1.78. The molecule has 1 aliphatic rings. The van der Waals surface area contributed by atoms with E-state index in [4.69, 9.17) is 4.74 Å². The van der Waals surface area contributed by atoms with Crippen LogP contribution in [0.3, 0.4) is 0 Å². The second kappa shape index (κ2) is 3.64. The zero-order chi connectivity index (χ0) is 10.9. The van der Waals surface area contributed by atoms with Crippen LogP contribution in [-0.2, 0) is 9.53 Å². The van der Waals surface area contributed by atoms with Crippen LogP contribution in [0.25, 0.3) is 0 Å². The molecule has 0 aliphatic heterocycles. The molecule has 0 spiro atoms. The summed E-state index contributed by atoms with van der Waals surface area (Å²) in [7, 11) is 0. The van der Waals surface area contributed by atoms with E-state index < -0.39 is 11.4 Å². The van der Waals surface area contributed by atoms with E-state index in [1.54, 1.807) is 6.08 Å². The van der Waals surface area contributed by atoms with E-state index in [0.717, 1.165) is 0 Å². The fraction of sp³-hybridized carbons (Fsp3) is 0.727. The summed E-state index contributed by atoms with van der Waals surface area (Å²) in [6.45, 7) is 8.14. The van der Waals surface area contributed by atoms with E-state index in [1.807, 2.05) is 27.7 Å². The minimum absolute atomic E-state index is 0.165.